The predicted molar refractivity (Wildman–Crippen MR) is 125 cm³/mol. The Balaban J connectivity index is 1.37. The molecule has 1 aromatic rings. The van der Waals surface area contributed by atoms with Gasteiger partial charge in [0.2, 0.25) is 0 Å². The third kappa shape index (κ3) is 3.35. The van der Waals surface area contributed by atoms with Crippen LogP contribution in [0.2, 0.25) is 0 Å². The highest BCUT2D eigenvalue weighted by atomic mass is 16.5. The van der Waals surface area contributed by atoms with Gasteiger partial charge in [0.15, 0.2) is 0 Å². The van der Waals surface area contributed by atoms with E-state index in [4.69, 9.17) is 4.74 Å². The number of hydrogen-bond donors (Lipinski definition) is 1. The number of carbonyl (C=O) groups excluding carboxylic acids is 1. The van der Waals surface area contributed by atoms with E-state index in [1.165, 1.54) is 38.5 Å². The van der Waals surface area contributed by atoms with Gasteiger partial charge in [-0.25, -0.2) is 0 Å². The lowest BCUT2D eigenvalue weighted by molar-refractivity contribution is -0.164. The fourth-order valence-corrected chi connectivity index (χ4v) is 9.32. The maximum Gasteiger partial charge on any atom is 0.302 e. The van der Waals surface area contributed by atoms with Crippen LogP contribution >= 0.6 is 0 Å². The van der Waals surface area contributed by atoms with Crippen molar-refractivity contribution in [1.82, 2.24) is 4.98 Å². The van der Waals surface area contributed by atoms with Crippen molar-refractivity contribution in [3.8, 4) is 0 Å². The third-order valence-electron chi connectivity index (χ3n) is 10.8. The number of hydrogen-bond acceptors (Lipinski definition) is 4. The Labute approximate surface area is 193 Å². The van der Waals surface area contributed by atoms with E-state index in [0.717, 1.165) is 36.8 Å². The minimum absolute atomic E-state index is 0.125. The molecule has 4 saturated carbocycles. The summed E-state index contributed by atoms with van der Waals surface area (Å²) in [6.07, 6.45) is 12.6. The highest BCUT2D eigenvalue weighted by Gasteiger charge is 2.63. The van der Waals surface area contributed by atoms with Crippen LogP contribution in [0.15, 0.2) is 24.4 Å². The summed E-state index contributed by atoms with van der Waals surface area (Å²) in [6.45, 7) is 8.59. The summed E-state index contributed by atoms with van der Waals surface area (Å²) in [4.78, 5) is 16.1. The quantitative estimate of drug-likeness (QED) is 0.598. The molecule has 0 aromatic carbocycles. The molecule has 0 saturated heterocycles. The number of aliphatic hydroxyl groups is 1. The zero-order valence-electron chi connectivity index (χ0n) is 20.3. The van der Waals surface area contributed by atoms with Gasteiger partial charge in [0.25, 0.3) is 0 Å². The Morgan fingerprint density at radius 1 is 1.06 bits per heavy atom. The van der Waals surface area contributed by atoms with Gasteiger partial charge in [-0.3, -0.25) is 9.78 Å². The lowest BCUT2D eigenvalue weighted by Crippen LogP contribution is -2.55. The first kappa shape index (κ1) is 22.4. The molecule has 0 bridgehead atoms. The third-order valence-corrected chi connectivity index (χ3v) is 10.8. The average molecular weight is 440 g/mol. The Hall–Kier alpha value is -1.42. The second kappa shape index (κ2) is 7.82. The number of pyridine rings is 1. The van der Waals surface area contributed by atoms with Crippen molar-refractivity contribution >= 4 is 5.97 Å². The van der Waals surface area contributed by atoms with E-state index in [9.17, 15) is 9.90 Å². The molecule has 0 radical (unpaired) electrons. The van der Waals surface area contributed by atoms with Crippen molar-refractivity contribution in [2.24, 2.45) is 40.4 Å². The van der Waals surface area contributed by atoms with E-state index in [1.54, 1.807) is 6.92 Å². The van der Waals surface area contributed by atoms with Gasteiger partial charge in [0, 0.05) is 13.1 Å². The van der Waals surface area contributed by atoms with Gasteiger partial charge in [-0.2, -0.15) is 0 Å². The van der Waals surface area contributed by atoms with Crippen molar-refractivity contribution in [3.63, 3.8) is 0 Å². The molecule has 32 heavy (non-hydrogen) atoms. The first-order valence-corrected chi connectivity index (χ1v) is 13.0. The van der Waals surface area contributed by atoms with Gasteiger partial charge in [-0.1, -0.05) is 19.9 Å². The van der Waals surface area contributed by atoms with Crippen LogP contribution < -0.4 is 0 Å². The molecule has 9 atom stereocenters. The van der Waals surface area contributed by atoms with Crippen LogP contribution in [0.5, 0.6) is 0 Å². The van der Waals surface area contributed by atoms with E-state index in [2.05, 4.69) is 18.8 Å². The minimum Gasteiger partial charge on any atom is -0.463 e. The van der Waals surface area contributed by atoms with E-state index in [0.29, 0.717) is 17.3 Å². The number of ether oxygens (including phenoxy) is 1. The SMILES string of the molecule is CC(=O)O[C@H]1CC[C@@]2(C)[C@@H](CC[C@@H]3[C@@H]2CC[C@@]2(C)[C@H]3CC[C@@H]2[C@@](C)(O)c2ccccn2)C1. The van der Waals surface area contributed by atoms with E-state index < -0.39 is 5.60 Å². The van der Waals surface area contributed by atoms with Crippen molar-refractivity contribution < 1.29 is 14.6 Å². The highest BCUT2D eigenvalue weighted by Crippen LogP contribution is 2.69. The zero-order valence-corrected chi connectivity index (χ0v) is 20.3. The Morgan fingerprint density at radius 2 is 1.81 bits per heavy atom. The molecule has 4 aliphatic carbocycles. The number of carbonyl (C=O) groups is 1. The number of nitrogens with zero attached hydrogens (tertiary/aromatic N) is 1. The number of fused-ring (bicyclic) bond motifs is 5. The topological polar surface area (TPSA) is 59.4 Å². The van der Waals surface area contributed by atoms with Crippen LogP contribution in [-0.4, -0.2) is 22.2 Å². The van der Waals surface area contributed by atoms with Crippen LogP contribution in [0.3, 0.4) is 0 Å². The van der Waals surface area contributed by atoms with Crippen LogP contribution in [-0.2, 0) is 15.1 Å². The van der Waals surface area contributed by atoms with Crippen LogP contribution in [0.1, 0.15) is 91.2 Å². The van der Waals surface area contributed by atoms with Crippen molar-refractivity contribution in [2.45, 2.75) is 97.2 Å². The summed E-state index contributed by atoms with van der Waals surface area (Å²) >= 11 is 0. The average Bonchev–Trinajstić information content (AvgIpc) is 3.12. The molecule has 0 unspecified atom stereocenters. The highest BCUT2D eigenvalue weighted by molar-refractivity contribution is 5.66. The molecule has 176 valence electrons. The smallest absolute Gasteiger partial charge is 0.302 e. The minimum atomic E-state index is -0.874. The number of aromatic nitrogens is 1. The van der Waals surface area contributed by atoms with Crippen LogP contribution in [0.25, 0.3) is 0 Å². The van der Waals surface area contributed by atoms with Crippen LogP contribution in [0, 0.1) is 40.4 Å². The number of esters is 1. The van der Waals surface area contributed by atoms with Crippen molar-refractivity contribution in [1.29, 1.82) is 0 Å². The van der Waals surface area contributed by atoms with Crippen molar-refractivity contribution in [2.75, 3.05) is 0 Å². The normalized spacial score (nSPS) is 45.2. The molecule has 0 aliphatic heterocycles. The monoisotopic (exact) mass is 439 g/mol. The Kier molecular flexibility index (Phi) is 5.47. The molecule has 0 amide bonds. The second-order valence-corrected chi connectivity index (χ2v) is 12.2. The van der Waals surface area contributed by atoms with E-state index in [1.807, 2.05) is 31.3 Å². The van der Waals surface area contributed by atoms with E-state index >= 15 is 0 Å². The Morgan fingerprint density at radius 3 is 2.53 bits per heavy atom. The lowest BCUT2D eigenvalue weighted by Gasteiger charge is -2.61. The molecule has 1 N–H and O–H groups in total. The van der Waals surface area contributed by atoms with Crippen molar-refractivity contribution in [3.05, 3.63) is 30.1 Å². The summed E-state index contributed by atoms with van der Waals surface area (Å²) in [6, 6.07) is 5.92. The first-order valence-electron chi connectivity index (χ1n) is 13.0. The standard InChI is InChI=1S/C28H41NO3/c1-18(30)32-20-12-14-26(2)19(17-20)8-9-21-22-10-11-24(27(22,3)15-13-23(21)26)28(4,31)25-7-5-6-16-29-25/h5-7,16,19-24,31H,8-15,17H2,1-4H3/t19-,20-,21-,22-,23-,24-,26-,27-,28+/m0/s1. The van der Waals surface area contributed by atoms with Gasteiger partial charge in [0.05, 0.1) is 5.69 Å². The fourth-order valence-electron chi connectivity index (χ4n) is 9.32. The molecule has 4 heteroatoms. The molecule has 5 rings (SSSR count). The Bertz CT molecular complexity index is 853. The summed E-state index contributed by atoms with van der Waals surface area (Å²) in [5.41, 5.74) is 0.511. The maximum absolute atomic E-state index is 11.7. The summed E-state index contributed by atoms with van der Waals surface area (Å²) < 4.78 is 5.63. The predicted octanol–water partition coefficient (Wildman–Crippen LogP) is 5.88. The molecule has 4 nitrogen and oxygen atoms in total. The fraction of sp³-hybridized carbons (Fsp3) is 0.786. The molecular formula is C28H41NO3. The molecule has 0 spiro atoms. The first-order chi connectivity index (χ1) is 15.2. The van der Waals surface area contributed by atoms with Gasteiger partial charge < -0.3 is 9.84 Å². The maximum atomic E-state index is 11.7. The van der Waals surface area contributed by atoms with Gasteiger partial charge in [-0.15, -0.1) is 0 Å². The molecular weight excluding hydrogens is 398 g/mol. The molecule has 1 heterocycles. The lowest BCUT2D eigenvalue weighted by atomic mass is 9.44. The van der Waals surface area contributed by atoms with Gasteiger partial charge in [0.1, 0.15) is 11.7 Å². The largest absolute Gasteiger partial charge is 0.463 e. The second-order valence-electron chi connectivity index (χ2n) is 12.2. The van der Waals surface area contributed by atoms with Gasteiger partial charge in [-0.05, 0) is 117 Å². The molecule has 4 aliphatic rings. The zero-order chi connectivity index (χ0) is 22.7. The summed E-state index contributed by atoms with van der Waals surface area (Å²) in [7, 11) is 0. The molecule has 4 fully saturated rings. The van der Waals surface area contributed by atoms with Crippen LogP contribution in [0.4, 0.5) is 0 Å². The summed E-state index contributed by atoms with van der Waals surface area (Å²) in [5, 5.41) is 11.7. The van der Waals surface area contributed by atoms with E-state index in [-0.39, 0.29) is 23.4 Å². The van der Waals surface area contributed by atoms with Gasteiger partial charge >= 0.3 is 5.97 Å². The molecule has 1 aromatic heterocycles. The summed E-state index contributed by atoms with van der Waals surface area (Å²) in [5.74, 6) is 3.06. The number of rotatable bonds is 3.